The van der Waals surface area contributed by atoms with Crippen molar-refractivity contribution < 1.29 is 8.78 Å². The first kappa shape index (κ1) is 16.2. The second kappa shape index (κ2) is 7.25. The lowest BCUT2D eigenvalue weighted by atomic mass is 9.80. The fourth-order valence-corrected chi connectivity index (χ4v) is 3.65. The minimum absolute atomic E-state index is 0.359. The van der Waals surface area contributed by atoms with Crippen LogP contribution in [0.25, 0.3) is 11.1 Å². The summed E-state index contributed by atoms with van der Waals surface area (Å²) >= 11 is 0. The Morgan fingerprint density at radius 2 is 1.91 bits per heavy atom. The Bertz CT molecular complexity index is 676. The summed E-state index contributed by atoms with van der Waals surface area (Å²) in [6.07, 6.45) is 8.62. The van der Waals surface area contributed by atoms with E-state index in [-0.39, 0.29) is 0 Å². The van der Waals surface area contributed by atoms with E-state index in [4.69, 9.17) is 0 Å². The minimum atomic E-state index is -0.781. The zero-order valence-electron chi connectivity index (χ0n) is 13.7. The molecule has 0 saturated heterocycles. The van der Waals surface area contributed by atoms with Crippen molar-refractivity contribution in [2.24, 2.45) is 5.92 Å². The maximum Gasteiger partial charge on any atom is 0.166 e. The number of hydrogen-bond acceptors (Lipinski definition) is 0. The summed E-state index contributed by atoms with van der Waals surface area (Å²) in [5.41, 5.74) is 3.83. The first-order valence-electron chi connectivity index (χ1n) is 8.75. The predicted octanol–water partition coefficient (Wildman–Crippen LogP) is 6.32. The van der Waals surface area contributed by atoms with Crippen LogP contribution in [0.3, 0.4) is 0 Å². The third-order valence-corrected chi connectivity index (χ3v) is 5.02. The summed E-state index contributed by atoms with van der Waals surface area (Å²) in [5, 5.41) is 0. The topological polar surface area (TPSA) is 0 Å². The molecule has 0 fully saturated rings. The van der Waals surface area contributed by atoms with E-state index in [0.717, 1.165) is 30.4 Å². The number of halogens is 2. The van der Waals surface area contributed by atoms with E-state index in [1.165, 1.54) is 43.2 Å². The molecule has 2 aromatic carbocycles. The van der Waals surface area contributed by atoms with Gasteiger partial charge in [0.2, 0.25) is 0 Å². The largest absolute Gasteiger partial charge is 0.204 e. The average Bonchev–Trinajstić information content (AvgIpc) is 2.57. The molecular weight excluding hydrogens is 290 g/mol. The fraction of sp³-hybridized carbons (Fsp3) is 0.429. The van der Waals surface area contributed by atoms with E-state index in [1.54, 1.807) is 12.1 Å². The van der Waals surface area contributed by atoms with Gasteiger partial charge in [0.1, 0.15) is 0 Å². The monoisotopic (exact) mass is 314 g/mol. The third kappa shape index (κ3) is 3.63. The molecule has 1 aliphatic rings. The van der Waals surface area contributed by atoms with Gasteiger partial charge in [-0.05, 0) is 47.9 Å². The van der Waals surface area contributed by atoms with Crippen LogP contribution in [0.2, 0.25) is 0 Å². The number of hydrogen-bond donors (Lipinski definition) is 0. The third-order valence-electron chi connectivity index (χ3n) is 5.02. The average molecular weight is 314 g/mol. The molecule has 0 nitrogen and oxygen atoms in total. The van der Waals surface area contributed by atoms with E-state index < -0.39 is 11.6 Å². The highest BCUT2D eigenvalue weighted by molar-refractivity contribution is 5.66. The van der Waals surface area contributed by atoms with Crippen molar-refractivity contribution in [1.82, 2.24) is 0 Å². The summed E-state index contributed by atoms with van der Waals surface area (Å²) in [5.74, 6) is -0.747. The van der Waals surface area contributed by atoms with Gasteiger partial charge in [0.15, 0.2) is 11.6 Å². The molecule has 0 radical (unpaired) electrons. The summed E-state index contributed by atoms with van der Waals surface area (Å²) in [7, 11) is 0. The quantitative estimate of drug-likeness (QED) is 0.567. The van der Waals surface area contributed by atoms with Gasteiger partial charge in [0.05, 0.1) is 0 Å². The normalized spacial score (nSPS) is 17.1. The lowest BCUT2D eigenvalue weighted by molar-refractivity contribution is 0.408. The van der Waals surface area contributed by atoms with Crippen molar-refractivity contribution in [1.29, 1.82) is 0 Å². The van der Waals surface area contributed by atoms with Gasteiger partial charge < -0.3 is 0 Å². The Hall–Kier alpha value is -1.70. The van der Waals surface area contributed by atoms with Crippen LogP contribution in [0.1, 0.15) is 50.2 Å². The molecule has 0 aliphatic heterocycles. The van der Waals surface area contributed by atoms with Crippen LogP contribution < -0.4 is 0 Å². The van der Waals surface area contributed by atoms with Crippen LogP contribution in [-0.4, -0.2) is 0 Å². The number of fused-ring (bicyclic) bond motifs is 1. The Morgan fingerprint density at radius 3 is 2.74 bits per heavy atom. The molecule has 0 bridgehead atoms. The molecule has 122 valence electrons. The van der Waals surface area contributed by atoms with E-state index in [1.807, 2.05) is 6.07 Å². The van der Waals surface area contributed by atoms with Crippen LogP contribution >= 0.6 is 0 Å². The molecule has 1 atom stereocenters. The number of benzene rings is 2. The van der Waals surface area contributed by atoms with E-state index >= 15 is 0 Å². The van der Waals surface area contributed by atoms with Gasteiger partial charge >= 0.3 is 0 Å². The Kier molecular flexibility index (Phi) is 5.09. The lowest BCUT2D eigenvalue weighted by Crippen LogP contribution is -2.14. The van der Waals surface area contributed by atoms with Crippen LogP contribution in [0, 0.1) is 17.6 Å². The smallest absolute Gasteiger partial charge is 0.166 e. The van der Waals surface area contributed by atoms with Gasteiger partial charge in [0.25, 0.3) is 0 Å². The molecule has 3 rings (SSSR count). The highest BCUT2D eigenvalue weighted by atomic mass is 19.2. The lowest BCUT2D eigenvalue weighted by Gasteiger charge is -2.25. The molecule has 0 saturated carbocycles. The van der Waals surface area contributed by atoms with Crippen molar-refractivity contribution >= 4 is 0 Å². The second-order valence-corrected chi connectivity index (χ2v) is 6.69. The number of aryl methyl sites for hydroxylation is 1. The molecule has 0 amide bonds. The van der Waals surface area contributed by atoms with Gasteiger partial charge in [-0.25, -0.2) is 8.78 Å². The van der Waals surface area contributed by atoms with E-state index in [2.05, 4.69) is 19.1 Å². The van der Waals surface area contributed by atoms with Crippen molar-refractivity contribution in [2.75, 3.05) is 0 Å². The van der Waals surface area contributed by atoms with E-state index in [9.17, 15) is 8.78 Å². The molecule has 0 N–H and O–H groups in total. The predicted molar refractivity (Wildman–Crippen MR) is 91.5 cm³/mol. The number of unbranched alkanes of at least 4 members (excludes halogenated alkanes) is 2. The SMILES string of the molecule is CCCCCC1CCc2cc(-c3cccc(F)c3F)ccc2C1. The molecule has 1 unspecified atom stereocenters. The Labute approximate surface area is 137 Å². The van der Waals surface area contributed by atoms with Crippen molar-refractivity contribution in [3.8, 4) is 11.1 Å². The van der Waals surface area contributed by atoms with E-state index in [0.29, 0.717) is 5.56 Å². The van der Waals surface area contributed by atoms with Crippen LogP contribution in [0.15, 0.2) is 36.4 Å². The first-order chi connectivity index (χ1) is 11.2. The molecular formula is C21H24F2. The van der Waals surface area contributed by atoms with Gasteiger partial charge in [-0.15, -0.1) is 0 Å². The number of rotatable bonds is 5. The molecule has 0 aromatic heterocycles. The fourth-order valence-electron chi connectivity index (χ4n) is 3.65. The second-order valence-electron chi connectivity index (χ2n) is 6.69. The van der Waals surface area contributed by atoms with Gasteiger partial charge in [-0.1, -0.05) is 62.9 Å². The van der Waals surface area contributed by atoms with Crippen molar-refractivity contribution in [2.45, 2.75) is 51.9 Å². The zero-order valence-corrected chi connectivity index (χ0v) is 13.7. The van der Waals surface area contributed by atoms with Crippen LogP contribution in [0.5, 0.6) is 0 Å². The molecule has 0 heterocycles. The van der Waals surface area contributed by atoms with Gasteiger partial charge in [0, 0.05) is 5.56 Å². The van der Waals surface area contributed by atoms with Crippen LogP contribution in [0.4, 0.5) is 8.78 Å². The standard InChI is InChI=1S/C21H24F2/c1-2-3-4-6-15-9-10-17-14-18(12-11-16(17)13-15)19-7-5-8-20(22)21(19)23/h5,7-8,11-12,14-15H,2-4,6,9-10,13H2,1H3. The highest BCUT2D eigenvalue weighted by Crippen LogP contribution is 2.33. The maximum atomic E-state index is 14.0. The first-order valence-corrected chi connectivity index (χ1v) is 8.75. The molecule has 0 spiro atoms. The summed E-state index contributed by atoms with van der Waals surface area (Å²) < 4.78 is 27.4. The van der Waals surface area contributed by atoms with Crippen molar-refractivity contribution in [3.05, 3.63) is 59.2 Å². The van der Waals surface area contributed by atoms with Gasteiger partial charge in [-0.3, -0.25) is 0 Å². The molecule has 2 heteroatoms. The zero-order chi connectivity index (χ0) is 16.2. The van der Waals surface area contributed by atoms with Crippen molar-refractivity contribution in [3.63, 3.8) is 0 Å². The summed E-state index contributed by atoms with van der Waals surface area (Å²) in [6.45, 7) is 2.24. The highest BCUT2D eigenvalue weighted by Gasteiger charge is 2.19. The summed E-state index contributed by atoms with van der Waals surface area (Å²) in [6, 6.07) is 10.5. The maximum absolute atomic E-state index is 14.0. The molecule has 2 aromatic rings. The Balaban J connectivity index is 1.78. The summed E-state index contributed by atoms with van der Waals surface area (Å²) in [4.78, 5) is 0. The Morgan fingerprint density at radius 1 is 1.04 bits per heavy atom. The molecule has 1 aliphatic carbocycles. The molecule has 23 heavy (non-hydrogen) atoms. The van der Waals surface area contributed by atoms with Crippen LogP contribution in [-0.2, 0) is 12.8 Å². The van der Waals surface area contributed by atoms with Gasteiger partial charge in [-0.2, -0.15) is 0 Å². The minimum Gasteiger partial charge on any atom is -0.204 e.